The van der Waals surface area contributed by atoms with Gasteiger partial charge in [-0.1, -0.05) is 17.7 Å². The number of halogens is 2. The van der Waals surface area contributed by atoms with Crippen LogP contribution in [0.1, 0.15) is 11.1 Å². The SMILES string of the molecule is Cc1cc(C)c(Oc2ncnc(Cl)c2Br)c([N+](=O)[O-])c1. The van der Waals surface area contributed by atoms with Gasteiger partial charge in [0.05, 0.1) is 4.92 Å². The van der Waals surface area contributed by atoms with Crippen molar-refractivity contribution < 1.29 is 9.66 Å². The van der Waals surface area contributed by atoms with Crippen molar-refractivity contribution in [3.63, 3.8) is 0 Å². The molecule has 2 rings (SSSR count). The average molecular weight is 359 g/mol. The van der Waals surface area contributed by atoms with Crippen molar-refractivity contribution in [2.75, 3.05) is 0 Å². The fourth-order valence-corrected chi connectivity index (χ4v) is 2.11. The highest BCUT2D eigenvalue weighted by Crippen LogP contribution is 2.38. The van der Waals surface area contributed by atoms with Gasteiger partial charge in [-0.3, -0.25) is 10.1 Å². The summed E-state index contributed by atoms with van der Waals surface area (Å²) in [5, 5.41) is 11.3. The monoisotopic (exact) mass is 357 g/mol. The molecule has 0 radical (unpaired) electrons. The van der Waals surface area contributed by atoms with E-state index in [9.17, 15) is 10.1 Å². The molecule has 2 aromatic rings. The standard InChI is InChI=1S/C12H9BrClN3O3/c1-6-3-7(2)10(8(4-6)17(18)19)20-12-9(13)11(14)15-5-16-12/h3-5H,1-2H3. The van der Waals surface area contributed by atoms with E-state index in [4.69, 9.17) is 16.3 Å². The largest absolute Gasteiger partial charge is 0.430 e. The van der Waals surface area contributed by atoms with Crippen LogP contribution >= 0.6 is 27.5 Å². The number of nitrogens with zero attached hydrogens (tertiary/aromatic N) is 3. The zero-order valence-corrected chi connectivity index (χ0v) is 12.9. The van der Waals surface area contributed by atoms with Crippen LogP contribution in [0.3, 0.4) is 0 Å². The van der Waals surface area contributed by atoms with E-state index in [2.05, 4.69) is 25.9 Å². The van der Waals surface area contributed by atoms with E-state index >= 15 is 0 Å². The van der Waals surface area contributed by atoms with E-state index in [1.54, 1.807) is 19.9 Å². The highest BCUT2D eigenvalue weighted by atomic mass is 79.9. The number of hydrogen-bond donors (Lipinski definition) is 0. The molecule has 0 atom stereocenters. The third-order valence-electron chi connectivity index (χ3n) is 2.51. The Balaban J connectivity index is 2.53. The summed E-state index contributed by atoms with van der Waals surface area (Å²) < 4.78 is 5.89. The minimum Gasteiger partial charge on any atom is -0.430 e. The predicted molar refractivity (Wildman–Crippen MR) is 77.4 cm³/mol. The van der Waals surface area contributed by atoms with Crippen LogP contribution in [0.15, 0.2) is 22.9 Å². The summed E-state index contributed by atoms with van der Waals surface area (Å²) in [6.45, 7) is 3.51. The minimum absolute atomic E-state index is 0.121. The van der Waals surface area contributed by atoms with Gasteiger partial charge in [-0.2, -0.15) is 0 Å². The molecule has 0 aliphatic heterocycles. The van der Waals surface area contributed by atoms with E-state index in [0.29, 0.717) is 10.0 Å². The molecule has 6 nitrogen and oxygen atoms in total. The summed E-state index contributed by atoms with van der Waals surface area (Å²) in [5.41, 5.74) is 1.30. The van der Waals surface area contributed by atoms with E-state index in [1.807, 2.05) is 0 Å². The van der Waals surface area contributed by atoms with Crippen molar-refractivity contribution in [3.8, 4) is 11.6 Å². The maximum Gasteiger partial charge on any atom is 0.312 e. The molecular weight excluding hydrogens is 350 g/mol. The molecule has 0 amide bonds. The Morgan fingerprint density at radius 1 is 1.35 bits per heavy atom. The summed E-state index contributed by atoms with van der Waals surface area (Å²) in [4.78, 5) is 18.3. The highest BCUT2D eigenvalue weighted by Gasteiger charge is 2.21. The third kappa shape index (κ3) is 2.88. The normalized spacial score (nSPS) is 10.4. The van der Waals surface area contributed by atoms with Gasteiger partial charge in [-0.05, 0) is 40.9 Å². The summed E-state index contributed by atoms with van der Waals surface area (Å²) in [7, 11) is 0. The van der Waals surface area contributed by atoms with Crippen LogP contribution in [0.5, 0.6) is 11.6 Å². The number of aryl methyl sites for hydroxylation is 2. The first kappa shape index (κ1) is 14.7. The van der Waals surface area contributed by atoms with Gasteiger partial charge in [0.1, 0.15) is 10.8 Å². The third-order valence-corrected chi connectivity index (χ3v) is 3.74. The average Bonchev–Trinajstić information content (AvgIpc) is 2.37. The Labute approximate surface area is 128 Å². The second-order valence-electron chi connectivity index (χ2n) is 4.07. The molecular formula is C12H9BrClN3O3. The number of nitro benzene ring substituents is 1. The van der Waals surface area contributed by atoms with Gasteiger partial charge in [0.25, 0.3) is 0 Å². The fourth-order valence-electron chi connectivity index (χ4n) is 1.70. The van der Waals surface area contributed by atoms with E-state index in [-0.39, 0.29) is 22.5 Å². The molecule has 0 fully saturated rings. The van der Waals surface area contributed by atoms with Crippen molar-refractivity contribution in [1.82, 2.24) is 9.97 Å². The van der Waals surface area contributed by atoms with Gasteiger partial charge < -0.3 is 4.74 Å². The molecule has 0 spiro atoms. The molecule has 1 heterocycles. The first-order chi connectivity index (χ1) is 9.40. The zero-order chi connectivity index (χ0) is 14.9. The molecule has 1 aromatic carbocycles. The van der Waals surface area contributed by atoms with Gasteiger partial charge in [0, 0.05) is 6.07 Å². The molecule has 0 unspecified atom stereocenters. The zero-order valence-electron chi connectivity index (χ0n) is 10.6. The summed E-state index contributed by atoms with van der Waals surface area (Å²) >= 11 is 9.02. The van der Waals surface area contributed by atoms with Crippen molar-refractivity contribution in [3.05, 3.63) is 49.3 Å². The van der Waals surface area contributed by atoms with Crippen molar-refractivity contribution in [2.24, 2.45) is 0 Å². The lowest BCUT2D eigenvalue weighted by Crippen LogP contribution is -1.99. The molecule has 0 saturated heterocycles. The highest BCUT2D eigenvalue weighted by molar-refractivity contribution is 9.10. The van der Waals surface area contributed by atoms with Crippen LogP contribution in [-0.4, -0.2) is 14.9 Å². The first-order valence-electron chi connectivity index (χ1n) is 5.49. The summed E-state index contributed by atoms with van der Waals surface area (Å²) in [6.07, 6.45) is 1.22. The van der Waals surface area contributed by atoms with E-state index in [1.165, 1.54) is 12.4 Å². The number of ether oxygens (including phenoxy) is 1. The second-order valence-corrected chi connectivity index (χ2v) is 5.22. The Kier molecular flexibility index (Phi) is 4.20. The molecule has 0 aliphatic rings. The Morgan fingerprint density at radius 2 is 2.05 bits per heavy atom. The van der Waals surface area contributed by atoms with Crippen molar-refractivity contribution in [2.45, 2.75) is 13.8 Å². The lowest BCUT2D eigenvalue weighted by molar-refractivity contribution is -0.385. The van der Waals surface area contributed by atoms with E-state index < -0.39 is 4.92 Å². The molecule has 20 heavy (non-hydrogen) atoms. The molecule has 104 valence electrons. The maximum absolute atomic E-state index is 11.1. The molecule has 0 saturated carbocycles. The van der Waals surface area contributed by atoms with Gasteiger partial charge in [0.2, 0.25) is 11.6 Å². The number of benzene rings is 1. The number of nitro groups is 1. The number of hydrogen-bond acceptors (Lipinski definition) is 5. The van der Waals surface area contributed by atoms with Crippen molar-refractivity contribution >= 4 is 33.2 Å². The van der Waals surface area contributed by atoms with E-state index in [0.717, 1.165) is 5.56 Å². The van der Waals surface area contributed by atoms with Crippen molar-refractivity contribution in [1.29, 1.82) is 0 Å². The van der Waals surface area contributed by atoms with Crippen LogP contribution in [-0.2, 0) is 0 Å². The minimum atomic E-state index is -0.494. The molecule has 0 aliphatic carbocycles. The summed E-state index contributed by atoms with van der Waals surface area (Å²) in [5.74, 6) is 0.260. The van der Waals surface area contributed by atoms with Crippen LogP contribution in [0, 0.1) is 24.0 Å². The van der Waals surface area contributed by atoms with Crippen LogP contribution in [0.2, 0.25) is 5.15 Å². The quantitative estimate of drug-likeness (QED) is 0.466. The maximum atomic E-state index is 11.1. The molecule has 0 N–H and O–H groups in total. The topological polar surface area (TPSA) is 78.2 Å². The lowest BCUT2D eigenvalue weighted by Gasteiger charge is -2.10. The fraction of sp³-hybridized carbons (Fsp3) is 0.167. The van der Waals surface area contributed by atoms with Crippen LogP contribution in [0.25, 0.3) is 0 Å². The molecule has 1 aromatic heterocycles. The van der Waals surface area contributed by atoms with Gasteiger partial charge in [-0.15, -0.1) is 0 Å². The smallest absolute Gasteiger partial charge is 0.312 e. The Hall–Kier alpha value is -1.73. The van der Waals surface area contributed by atoms with Gasteiger partial charge >= 0.3 is 5.69 Å². The predicted octanol–water partition coefficient (Wildman–Crippen LogP) is 4.21. The number of aromatic nitrogens is 2. The molecule has 0 bridgehead atoms. The Morgan fingerprint density at radius 3 is 2.70 bits per heavy atom. The summed E-state index contributed by atoms with van der Waals surface area (Å²) in [6, 6.07) is 3.23. The van der Waals surface area contributed by atoms with Gasteiger partial charge in [0.15, 0.2) is 5.15 Å². The van der Waals surface area contributed by atoms with Crippen LogP contribution < -0.4 is 4.74 Å². The lowest BCUT2D eigenvalue weighted by atomic mass is 10.1. The second kappa shape index (κ2) is 5.72. The Bertz CT molecular complexity index is 694. The molecule has 8 heteroatoms. The van der Waals surface area contributed by atoms with Gasteiger partial charge in [-0.25, -0.2) is 9.97 Å². The van der Waals surface area contributed by atoms with Crippen LogP contribution in [0.4, 0.5) is 5.69 Å². The number of rotatable bonds is 3. The first-order valence-corrected chi connectivity index (χ1v) is 6.66.